The molecule has 1 aromatic carbocycles. The van der Waals surface area contributed by atoms with Gasteiger partial charge in [0, 0.05) is 24.8 Å². The summed E-state index contributed by atoms with van der Waals surface area (Å²) in [5.41, 5.74) is 2.04. The maximum Gasteiger partial charge on any atom is 0.247 e. The number of aromatic nitrogens is 4. The summed E-state index contributed by atoms with van der Waals surface area (Å²) in [6.07, 6.45) is 9.05. The van der Waals surface area contributed by atoms with Crippen LogP contribution < -0.4 is 5.32 Å². The number of aryl methyl sites for hydroxylation is 3. The molecular formula is C22H29N5O2S. The summed E-state index contributed by atoms with van der Waals surface area (Å²) < 4.78 is 5.67. The van der Waals surface area contributed by atoms with Crippen LogP contribution in [0, 0.1) is 6.92 Å². The van der Waals surface area contributed by atoms with E-state index in [2.05, 4.69) is 32.6 Å². The van der Waals surface area contributed by atoms with Crippen molar-refractivity contribution < 1.29 is 9.21 Å². The highest BCUT2D eigenvalue weighted by molar-refractivity contribution is 7.15. The van der Waals surface area contributed by atoms with Gasteiger partial charge in [-0.15, -0.1) is 20.4 Å². The Bertz CT molecular complexity index is 920. The number of unbranched alkanes of at least 4 members (excludes halogenated alkanes) is 5. The van der Waals surface area contributed by atoms with Gasteiger partial charge in [-0.05, 0) is 25.5 Å². The van der Waals surface area contributed by atoms with Crippen molar-refractivity contribution in [1.82, 2.24) is 20.4 Å². The van der Waals surface area contributed by atoms with Crippen LogP contribution in [0.2, 0.25) is 0 Å². The van der Waals surface area contributed by atoms with E-state index in [4.69, 9.17) is 4.42 Å². The molecule has 0 atom stereocenters. The minimum absolute atomic E-state index is 0.132. The van der Waals surface area contributed by atoms with Crippen LogP contribution in [0.25, 0.3) is 11.5 Å². The third-order valence-electron chi connectivity index (χ3n) is 4.79. The highest BCUT2D eigenvalue weighted by Gasteiger charge is 2.12. The molecule has 0 saturated heterocycles. The van der Waals surface area contributed by atoms with Crippen LogP contribution in [-0.2, 0) is 17.6 Å². The molecule has 3 aromatic rings. The van der Waals surface area contributed by atoms with E-state index in [1.54, 1.807) is 0 Å². The molecule has 1 amide bonds. The van der Waals surface area contributed by atoms with Crippen molar-refractivity contribution in [2.45, 2.75) is 71.6 Å². The van der Waals surface area contributed by atoms with Gasteiger partial charge in [0.05, 0.1) is 0 Å². The van der Waals surface area contributed by atoms with Crippen LogP contribution in [0.3, 0.4) is 0 Å². The molecule has 2 aromatic heterocycles. The summed E-state index contributed by atoms with van der Waals surface area (Å²) in [4.78, 5) is 12.2. The molecule has 7 nitrogen and oxygen atoms in total. The molecule has 0 spiro atoms. The second kappa shape index (κ2) is 11.5. The van der Waals surface area contributed by atoms with Gasteiger partial charge in [-0.2, -0.15) is 0 Å². The first-order chi connectivity index (χ1) is 14.6. The average molecular weight is 428 g/mol. The summed E-state index contributed by atoms with van der Waals surface area (Å²) in [5, 5.41) is 20.7. The van der Waals surface area contributed by atoms with E-state index < -0.39 is 0 Å². The lowest BCUT2D eigenvalue weighted by molar-refractivity contribution is -0.116. The molecule has 0 aliphatic rings. The second-order valence-electron chi connectivity index (χ2n) is 7.43. The van der Waals surface area contributed by atoms with Gasteiger partial charge in [-0.1, -0.05) is 68.1 Å². The number of rotatable bonds is 12. The van der Waals surface area contributed by atoms with Crippen LogP contribution in [0.15, 0.2) is 28.7 Å². The Balaban J connectivity index is 1.39. The Morgan fingerprint density at radius 3 is 2.53 bits per heavy atom. The number of nitrogens with one attached hydrogen (secondary N) is 1. The topological polar surface area (TPSA) is 93.8 Å². The molecule has 8 heteroatoms. The Morgan fingerprint density at radius 2 is 1.73 bits per heavy atom. The molecule has 2 heterocycles. The number of hydrogen-bond acceptors (Lipinski definition) is 7. The number of nitrogens with zero attached hydrogens (tertiary/aromatic N) is 4. The first-order valence-corrected chi connectivity index (χ1v) is 11.5. The summed E-state index contributed by atoms with van der Waals surface area (Å²) in [6, 6.07) is 7.88. The SMILES string of the molecule is CCCCCCCCc1nnc(NC(=O)CCc2nnc(-c3ccc(C)cc3)o2)s1. The molecule has 160 valence electrons. The quantitative estimate of drug-likeness (QED) is 0.391. The van der Waals surface area contributed by atoms with Gasteiger partial charge in [0.15, 0.2) is 0 Å². The normalized spacial score (nSPS) is 11.0. The van der Waals surface area contributed by atoms with Gasteiger partial charge < -0.3 is 9.73 Å². The minimum atomic E-state index is -0.132. The Kier molecular flexibility index (Phi) is 8.50. The number of carbonyl (C=O) groups excluding carboxylic acids is 1. The molecule has 0 radical (unpaired) electrons. The van der Waals surface area contributed by atoms with Crippen LogP contribution in [0.1, 0.15) is 68.3 Å². The van der Waals surface area contributed by atoms with Crippen LogP contribution in [0.4, 0.5) is 5.13 Å². The summed E-state index contributed by atoms with van der Waals surface area (Å²) >= 11 is 1.45. The van der Waals surface area contributed by atoms with Crippen molar-refractivity contribution >= 4 is 22.4 Å². The number of carbonyl (C=O) groups is 1. The van der Waals surface area contributed by atoms with E-state index in [0.29, 0.717) is 23.3 Å². The van der Waals surface area contributed by atoms with Crippen molar-refractivity contribution in [3.63, 3.8) is 0 Å². The lowest BCUT2D eigenvalue weighted by atomic mass is 10.1. The van der Waals surface area contributed by atoms with E-state index in [-0.39, 0.29) is 12.3 Å². The van der Waals surface area contributed by atoms with E-state index in [9.17, 15) is 4.79 Å². The average Bonchev–Trinajstić information content (AvgIpc) is 3.39. The molecule has 0 aliphatic heterocycles. The number of amides is 1. The molecule has 1 N–H and O–H groups in total. The van der Waals surface area contributed by atoms with E-state index in [0.717, 1.165) is 23.4 Å². The first kappa shape index (κ1) is 22.1. The summed E-state index contributed by atoms with van der Waals surface area (Å²) in [6.45, 7) is 4.25. The first-order valence-electron chi connectivity index (χ1n) is 10.7. The monoisotopic (exact) mass is 427 g/mol. The van der Waals surface area contributed by atoms with E-state index >= 15 is 0 Å². The van der Waals surface area contributed by atoms with Crippen molar-refractivity contribution in [1.29, 1.82) is 0 Å². The minimum Gasteiger partial charge on any atom is -0.421 e. The predicted octanol–water partition coefficient (Wildman–Crippen LogP) is 5.37. The number of anilines is 1. The van der Waals surface area contributed by atoms with Gasteiger partial charge in [0.25, 0.3) is 0 Å². The number of benzene rings is 1. The van der Waals surface area contributed by atoms with Crippen molar-refractivity contribution in [3.05, 3.63) is 40.7 Å². The molecule has 0 unspecified atom stereocenters. The van der Waals surface area contributed by atoms with Crippen LogP contribution >= 0.6 is 11.3 Å². The second-order valence-corrected chi connectivity index (χ2v) is 8.50. The smallest absolute Gasteiger partial charge is 0.247 e. The maximum atomic E-state index is 12.2. The van der Waals surface area contributed by atoms with Gasteiger partial charge in [0.2, 0.25) is 22.8 Å². The van der Waals surface area contributed by atoms with Crippen LogP contribution in [-0.4, -0.2) is 26.3 Å². The Hall–Kier alpha value is -2.61. The van der Waals surface area contributed by atoms with Crippen LogP contribution in [0.5, 0.6) is 0 Å². The fourth-order valence-corrected chi connectivity index (χ4v) is 3.83. The lowest BCUT2D eigenvalue weighted by Crippen LogP contribution is -2.12. The molecule has 0 fully saturated rings. The van der Waals surface area contributed by atoms with E-state index in [1.807, 2.05) is 31.2 Å². The standard InChI is InChI=1S/C22H29N5O2S/c1-3-4-5-6-7-8-9-20-25-27-22(30-20)23-18(28)14-15-19-24-26-21(29-19)17-12-10-16(2)11-13-17/h10-13H,3-9,14-15H2,1-2H3,(H,23,27,28). The molecule has 3 rings (SSSR count). The molecule has 0 saturated carbocycles. The molecule has 0 aliphatic carbocycles. The summed E-state index contributed by atoms with van der Waals surface area (Å²) in [7, 11) is 0. The predicted molar refractivity (Wildman–Crippen MR) is 118 cm³/mol. The van der Waals surface area contributed by atoms with Gasteiger partial charge in [-0.25, -0.2) is 0 Å². The fraction of sp³-hybridized carbons (Fsp3) is 0.500. The molecule has 0 bridgehead atoms. The number of hydrogen-bond donors (Lipinski definition) is 1. The Morgan fingerprint density at radius 1 is 0.967 bits per heavy atom. The zero-order valence-corrected chi connectivity index (χ0v) is 18.5. The molecule has 30 heavy (non-hydrogen) atoms. The van der Waals surface area contributed by atoms with Crippen molar-refractivity contribution in [2.75, 3.05) is 5.32 Å². The highest BCUT2D eigenvalue weighted by atomic mass is 32.1. The van der Waals surface area contributed by atoms with Crippen molar-refractivity contribution in [3.8, 4) is 11.5 Å². The Labute approximate surface area is 181 Å². The maximum absolute atomic E-state index is 12.2. The summed E-state index contributed by atoms with van der Waals surface area (Å²) in [5.74, 6) is 0.781. The largest absolute Gasteiger partial charge is 0.421 e. The molecular weight excluding hydrogens is 398 g/mol. The van der Waals surface area contributed by atoms with E-state index in [1.165, 1.54) is 49.0 Å². The van der Waals surface area contributed by atoms with Gasteiger partial charge in [0.1, 0.15) is 5.01 Å². The lowest BCUT2D eigenvalue weighted by Gasteiger charge is -1.99. The zero-order chi connectivity index (χ0) is 21.2. The van der Waals surface area contributed by atoms with Gasteiger partial charge >= 0.3 is 0 Å². The highest BCUT2D eigenvalue weighted by Crippen LogP contribution is 2.20. The van der Waals surface area contributed by atoms with Crippen molar-refractivity contribution in [2.24, 2.45) is 0 Å². The van der Waals surface area contributed by atoms with Gasteiger partial charge in [-0.3, -0.25) is 4.79 Å². The third kappa shape index (κ3) is 7.02. The third-order valence-corrected chi connectivity index (χ3v) is 5.69. The zero-order valence-electron chi connectivity index (χ0n) is 17.7. The fourth-order valence-electron chi connectivity index (χ4n) is 3.03.